The Labute approximate surface area is 373 Å². The van der Waals surface area contributed by atoms with Crippen LogP contribution in [0.4, 0.5) is 0 Å². The van der Waals surface area contributed by atoms with Crippen LogP contribution >= 0.6 is 0 Å². The molecule has 314 valence electrons. The normalized spacial score (nSPS) is 15.0. The van der Waals surface area contributed by atoms with Crippen LogP contribution in [0.5, 0.6) is 34.5 Å². The van der Waals surface area contributed by atoms with Gasteiger partial charge in [-0.25, -0.2) is 0 Å². The molecule has 4 heterocycles. The Morgan fingerprint density at radius 2 is 1.26 bits per heavy atom. The van der Waals surface area contributed by atoms with Crippen LogP contribution in [0.1, 0.15) is 67.7 Å². The molecule has 0 bridgehead atoms. The standard InChI is InChI=1S/C50H49N5O6.Zn/c1-9-13-26-60-49-42(56-5)28-32(29-43(49)57-6)46(35(51)12-4)37-21-23-40(54-37)48(36-18-15-16-25-52-36)41-24-22-39(55-41)47(38-20-19-34(53-38)17-11-3)33-30-44(58-7)50(45(31-33)59-8)61-27-14-10-2;/h3-4,12,15-16,18-25,28-31,51,55H,9-10,13-14,26-27H2,1-2,5-8H3;/q-2;/b46-35-,47-38-,48-40-;. The third-order valence-corrected chi connectivity index (χ3v) is 11.3. The summed E-state index contributed by atoms with van der Waals surface area (Å²) in [5.41, 5.74) is 17.2. The van der Waals surface area contributed by atoms with Crippen molar-refractivity contribution in [3.63, 3.8) is 0 Å². The first-order chi connectivity index (χ1) is 30.2. The molecule has 0 fully saturated rings. The number of hydrogen-bond acceptors (Lipinski definition) is 9. The number of ether oxygens (including phenoxy) is 6. The van der Waals surface area contributed by atoms with Gasteiger partial charge in [0, 0.05) is 0 Å². The minimum atomic E-state index is 0.0631. The van der Waals surface area contributed by atoms with Crippen LogP contribution in [0.25, 0.3) is 22.5 Å². The SMILES string of the molecule is C#C[C](=[Zn])C1=N/C(=C(/c2cc(OC)c(OCCCC)c(OC)c2)c2ccc(/C(=C3/C=CC(C(=C(\[NH-])C=[CH-])/c4cc(OC)c(OCCCC)c(OC)c4)=N3)c3ccccn3)[nH]2)C=C1. The van der Waals surface area contributed by atoms with Gasteiger partial charge in [0.05, 0.1) is 20.8 Å². The number of aliphatic imine (C=N–C) groups is 2. The second-order valence-electron chi connectivity index (χ2n) is 14.1. The molecule has 2 aliphatic heterocycles. The van der Waals surface area contributed by atoms with E-state index in [4.69, 9.17) is 62.1 Å². The maximum atomic E-state index is 8.99. The maximum absolute atomic E-state index is 8.99. The van der Waals surface area contributed by atoms with Crippen LogP contribution in [0.3, 0.4) is 0 Å². The molecule has 62 heavy (non-hydrogen) atoms. The van der Waals surface area contributed by atoms with Gasteiger partial charge in [-0.1, -0.05) is 32.3 Å². The Balaban J connectivity index is 1.52. The summed E-state index contributed by atoms with van der Waals surface area (Å²) in [6, 6.07) is 17.2. The third kappa shape index (κ3) is 9.75. The van der Waals surface area contributed by atoms with Gasteiger partial charge < -0.3 is 19.9 Å². The number of aromatic nitrogens is 2. The van der Waals surface area contributed by atoms with E-state index in [0.717, 1.165) is 81.4 Å². The summed E-state index contributed by atoms with van der Waals surface area (Å²) < 4.78 is 36.4. The molecule has 2 N–H and O–H groups in total. The molecular formula is C50H49N5O6Zn-2. The number of terminal acetylenes is 1. The van der Waals surface area contributed by atoms with Crippen LogP contribution in [0, 0.1) is 18.9 Å². The first-order valence-electron chi connectivity index (χ1n) is 20.3. The van der Waals surface area contributed by atoms with Crippen molar-refractivity contribution in [1.82, 2.24) is 9.97 Å². The van der Waals surface area contributed by atoms with Crippen LogP contribution < -0.4 is 28.4 Å². The topological polar surface area (TPSA) is 133 Å². The third-order valence-electron chi connectivity index (χ3n) is 10.1. The van der Waals surface area contributed by atoms with E-state index in [1.54, 1.807) is 34.6 Å². The fraction of sp³-hybridized carbons (Fsp3) is 0.240. The Hall–Kier alpha value is -6.70. The Morgan fingerprint density at radius 1 is 0.742 bits per heavy atom. The van der Waals surface area contributed by atoms with Crippen LogP contribution in [-0.4, -0.2) is 67.2 Å². The van der Waals surface area contributed by atoms with Crippen molar-refractivity contribution >= 4 is 32.2 Å². The second-order valence-corrected chi connectivity index (χ2v) is 15.6. The molecule has 0 saturated heterocycles. The quantitative estimate of drug-likeness (QED) is 0.0307. The first kappa shape index (κ1) is 44.8. The summed E-state index contributed by atoms with van der Waals surface area (Å²) in [6.45, 7) is 11.3. The summed E-state index contributed by atoms with van der Waals surface area (Å²) in [5, 5.41) is 0. The van der Waals surface area contributed by atoms with Crippen LogP contribution in [0.15, 0.2) is 118 Å². The number of pyridine rings is 1. The molecule has 0 unspecified atom stereocenters. The van der Waals surface area contributed by atoms with E-state index in [0.29, 0.717) is 81.6 Å². The number of H-pyrrole nitrogens is 1. The number of rotatable bonds is 20. The van der Waals surface area contributed by atoms with Gasteiger partial charge in [-0.15, -0.1) is 0 Å². The van der Waals surface area contributed by atoms with Gasteiger partial charge in [0.15, 0.2) is 11.5 Å². The van der Waals surface area contributed by atoms with Gasteiger partial charge in [-0.05, 0) is 30.2 Å². The van der Waals surface area contributed by atoms with Crippen molar-refractivity contribution in [2.75, 3.05) is 41.7 Å². The van der Waals surface area contributed by atoms with Gasteiger partial charge in [-0.3, -0.25) is 18.4 Å². The van der Waals surface area contributed by atoms with Crippen molar-refractivity contribution in [2.45, 2.75) is 39.5 Å². The fourth-order valence-electron chi connectivity index (χ4n) is 6.92. The molecule has 6 rings (SSSR count). The predicted molar refractivity (Wildman–Crippen MR) is 244 cm³/mol. The van der Waals surface area contributed by atoms with Gasteiger partial charge >= 0.3 is 236 Å². The Bertz CT molecular complexity index is 2550. The van der Waals surface area contributed by atoms with E-state index in [1.807, 2.05) is 78.9 Å². The van der Waals surface area contributed by atoms with Crippen molar-refractivity contribution in [2.24, 2.45) is 9.98 Å². The first-order valence-corrected chi connectivity index (χ1v) is 21.8. The number of hydrogen-bond donors (Lipinski definition) is 1. The molecule has 0 spiro atoms. The van der Waals surface area contributed by atoms with Gasteiger partial charge in [0.1, 0.15) is 0 Å². The molecule has 0 radical (unpaired) electrons. The molecule has 2 aliphatic rings. The molecule has 12 heteroatoms. The van der Waals surface area contributed by atoms with Crippen molar-refractivity contribution in [3.8, 4) is 46.8 Å². The zero-order valence-corrected chi connectivity index (χ0v) is 39.0. The number of allylic oxidation sites excluding steroid dienone is 6. The van der Waals surface area contributed by atoms with Crippen molar-refractivity contribution < 1.29 is 46.3 Å². The number of aromatic amines is 1. The fourth-order valence-corrected chi connectivity index (χ4v) is 7.34. The second kappa shape index (κ2) is 21.2. The summed E-state index contributed by atoms with van der Waals surface area (Å²) in [6.07, 6.45) is 20.2. The summed E-state index contributed by atoms with van der Waals surface area (Å²) >= 11 is 0.791. The molecule has 0 amide bonds. The average Bonchev–Trinajstić information content (AvgIpc) is 4.10. The zero-order valence-electron chi connectivity index (χ0n) is 36.1. The molecule has 2 aromatic heterocycles. The van der Waals surface area contributed by atoms with Crippen LogP contribution in [0.2, 0.25) is 0 Å². The van der Waals surface area contributed by atoms with Crippen molar-refractivity contribution in [1.29, 1.82) is 0 Å². The number of unbranched alkanes of at least 4 members (excludes halogenated alkanes) is 2. The number of nitrogens with one attached hydrogen (secondary N) is 2. The molecular weight excluding hydrogens is 832 g/mol. The van der Waals surface area contributed by atoms with E-state index in [9.17, 15) is 0 Å². The van der Waals surface area contributed by atoms with E-state index in [-0.39, 0.29) is 5.70 Å². The van der Waals surface area contributed by atoms with Crippen molar-refractivity contribution in [3.05, 3.63) is 149 Å². The van der Waals surface area contributed by atoms with E-state index < -0.39 is 0 Å². The minimum absolute atomic E-state index is 0.0631. The number of methoxy groups -OCH3 is 4. The van der Waals surface area contributed by atoms with E-state index >= 15 is 0 Å². The molecule has 4 aromatic rings. The zero-order chi connectivity index (χ0) is 44.2. The van der Waals surface area contributed by atoms with Crippen LogP contribution in [-0.2, 0) is 17.9 Å². The average molecular weight is 881 g/mol. The van der Waals surface area contributed by atoms with Gasteiger partial charge in [-0.2, -0.15) is 0 Å². The van der Waals surface area contributed by atoms with Gasteiger partial charge in [0.2, 0.25) is 5.75 Å². The molecule has 0 aliphatic carbocycles. The monoisotopic (exact) mass is 879 g/mol. The Kier molecular flexibility index (Phi) is 15.3. The molecule has 0 atom stereocenters. The molecule has 11 nitrogen and oxygen atoms in total. The summed E-state index contributed by atoms with van der Waals surface area (Å²) in [5.74, 6) is 5.77. The van der Waals surface area contributed by atoms with E-state index in [2.05, 4.69) is 24.8 Å². The van der Waals surface area contributed by atoms with Gasteiger partial charge in [0.25, 0.3) is 0 Å². The molecule has 2 aromatic carbocycles. The van der Waals surface area contributed by atoms with E-state index in [1.165, 1.54) is 6.08 Å². The molecule has 0 saturated carbocycles. The summed E-state index contributed by atoms with van der Waals surface area (Å²) in [7, 11) is 6.37. The predicted octanol–water partition coefficient (Wildman–Crippen LogP) is 10.1. The Morgan fingerprint density at radius 3 is 1.76 bits per heavy atom. The summed E-state index contributed by atoms with van der Waals surface area (Å²) in [4.78, 5) is 18.6. The number of nitrogens with zero attached hydrogens (tertiary/aromatic N) is 3. The number of benzene rings is 2.